The van der Waals surface area contributed by atoms with E-state index in [4.69, 9.17) is 4.74 Å². The molecule has 3 aromatic rings. The minimum Gasteiger partial charge on any atom is -0.451 e. The first-order valence-corrected chi connectivity index (χ1v) is 8.60. The molecule has 0 aliphatic rings. The van der Waals surface area contributed by atoms with E-state index in [0.717, 1.165) is 11.3 Å². The zero-order valence-corrected chi connectivity index (χ0v) is 14.7. The van der Waals surface area contributed by atoms with Gasteiger partial charge in [-0.25, -0.2) is 14.2 Å². The van der Waals surface area contributed by atoms with E-state index < -0.39 is 18.5 Å². The Kier molecular flexibility index (Phi) is 5.38. The minimum atomic E-state index is -0.614. The number of nitrogens with zero attached hydrogens (tertiary/aromatic N) is 1. The molecule has 0 fully saturated rings. The Labute approximate surface area is 153 Å². The molecule has 132 valence electrons. The molecule has 0 spiro atoms. The summed E-state index contributed by atoms with van der Waals surface area (Å²) in [6, 6.07) is 14.7. The Bertz CT molecular complexity index is 924. The van der Waals surface area contributed by atoms with Crippen molar-refractivity contribution in [3.05, 3.63) is 71.0 Å². The fourth-order valence-corrected chi connectivity index (χ4v) is 3.18. The summed E-state index contributed by atoms with van der Waals surface area (Å²) in [5.74, 6) is -1.38. The van der Waals surface area contributed by atoms with Crippen molar-refractivity contribution in [2.75, 3.05) is 11.9 Å². The summed E-state index contributed by atoms with van der Waals surface area (Å²) in [5.41, 5.74) is 1.84. The summed E-state index contributed by atoms with van der Waals surface area (Å²) in [6.07, 6.45) is 0. The van der Waals surface area contributed by atoms with Crippen molar-refractivity contribution in [3.63, 3.8) is 0 Å². The number of amides is 1. The van der Waals surface area contributed by atoms with E-state index in [-0.39, 0.29) is 5.82 Å². The summed E-state index contributed by atoms with van der Waals surface area (Å²) in [4.78, 5) is 28.7. The summed E-state index contributed by atoms with van der Waals surface area (Å²) in [7, 11) is 0. The molecule has 1 heterocycles. The molecular weight excluding hydrogens is 355 g/mol. The molecule has 26 heavy (non-hydrogen) atoms. The highest BCUT2D eigenvalue weighted by atomic mass is 32.1. The number of anilines is 1. The van der Waals surface area contributed by atoms with Gasteiger partial charge in [0.1, 0.15) is 15.7 Å². The summed E-state index contributed by atoms with van der Waals surface area (Å²) >= 11 is 1.14. The second kappa shape index (κ2) is 7.88. The van der Waals surface area contributed by atoms with Gasteiger partial charge in [0.05, 0.1) is 5.69 Å². The zero-order valence-electron chi connectivity index (χ0n) is 13.9. The van der Waals surface area contributed by atoms with Gasteiger partial charge in [-0.15, -0.1) is 11.3 Å². The highest BCUT2D eigenvalue weighted by Crippen LogP contribution is 2.28. The smallest absolute Gasteiger partial charge is 0.350 e. The van der Waals surface area contributed by atoms with Crippen LogP contribution in [0.15, 0.2) is 54.6 Å². The normalized spacial score (nSPS) is 10.4. The monoisotopic (exact) mass is 370 g/mol. The first kappa shape index (κ1) is 17.8. The average Bonchev–Trinajstić information content (AvgIpc) is 3.03. The van der Waals surface area contributed by atoms with Gasteiger partial charge < -0.3 is 10.1 Å². The van der Waals surface area contributed by atoms with Crippen LogP contribution in [-0.2, 0) is 9.53 Å². The van der Waals surface area contributed by atoms with Crippen LogP contribution in [0.2, 0.25) is 0 Å². The lowest BCUT2D eigenvalue weighted by Gasteiger charge is -2.05. The molecular formula is C19H15FN2O3S. The summed E-state index contributed by atoms with van der Waals surface area (Å²) in [6.45, 7) is 1.29. The molecule has 1 amide bonds. The number of benzene rings is 2. The lowest BCUT2D eigenvalue weighted by molar-refractivity contribution is -0.119. The molecule has 3 rings (SSSR count). The number of ether oxygens (including phenoxy) is 1. The largest absolute Gasteiger partial charge is 0.451 e. The van der Waals surface area contributed by atoms with E-state index in [9.17, 15) is 14.0 Å². The minimum absolute atomic E-state index is 0.317. The number of carbonyl (C=O) groups is 2. The molecule has 0 radical (unpaired) electrons. The Morgan fingerprint density at radius 1 is 1.12 bits per heavy atom. The third-order valence-electron chi connectivity index (χ3n) is 3.47. The topological polar surface area (TPSA) is 68.3 Å². The molecule has 1 aromatic heterocycles. The fourth-order valence-electron chi connectivity index (χ4n) is 2.22. The number of esters is 1. The SMILES string of the molecule is Cc1nc(-c2ccc(F)cc2)sc1C(=O)OCC(=O)Nc1ccccc1. The number of carbonyl (C=O) groups excluding carboxylic acids is 2. The van der Waals surface area contributed by atoms with E-state index in [1.54, 1.807) is 43.3 Å². The van der Waals surface area contributed by atoms with Crippen LogP contribution in [0, 0.1) is 12.7 Å². The highest BCUT2D eigenvalue weighted by Gasteiger charge is 2.18. The fraction of sp³-hybridized carbons (Fsp3) is 0.105. The first-order chi connectivity index (χ1) is 12.5. The van der Waals surface area contributed by atoms with Crippen molar-refractivity contribution >= 4 is 28.9 Å². The number of halogens is 1. The van der Waals surface area contributed by atoms with Crippen LogP contribution >= 0.6 is 11.3 Å². The van der Waals surface area contributed by atoms with E-state index in [1.165, 1.54) is 12.1 Å². The van der Waals surface area contributed by atoms with E-state index >= 15 is 0 Å². The van der Waals surface area contributed by atoms with Crippen molar-refractivity contribution in [3.8, 4) is 10.6 Å². The molecule has 7 heteroatoms. The molecule has 5 nitrogen and oxygen atoms in total. The number of hydrogen-bond acceptors (Lipinski definition) is 5. The quantitative estimate of drug-likeness (QED) is 0.688. The summed E-state index contributed by atoms with van der Waals surface area (Å²) in [5, 5.41) is 3.22. The number of hydrogen-bond donors (Lipinski definition) is 1. The zero-order chi connectivity index (χ0) is 18.5. The maximum absolute atomic E-state index is 13.0. The van der Waals surface area contributed by atoms with Crippen LogP contribution in [0.25, 0.3) is 10.6 Å². The lowest BCUT2D eigenvalue weighted by atomic mass is 10.2. The average molecular weight is 370 g/mol. The van der Waals surface area contributed by atoms with Gasteiger partial charge >= 0.3 is 5.97 Å². The molecule has 2 aromatic carbocycles. The van der Waals surface area contributed by atoms with Gasteiger partial charge in [0.2, 0.25) is 0 Å². The first-order valence-electron chi connectivity index (χ1n) is 7.78. The molecule has 0 saturated carbocycles. The summed E-state index contributed by atoms with van der Waals surface area (Å²) < 4.78 is 18.1. The van der Waals surface area contributed by atoms with Crippen molar-refractivity contribution in [1.29, 1.82) is 0 Å². The molecule has 0 unspecified atom stereocenters. The van der Waals surface area contributed by atoms with Gasteiger partial charge in [0.15, 0.2) is 6.61 Å². The highest BCUT2D eigenvalue weighted by molar-refractivity contribution is 7.17. The second-order valence-electron chi connectivity index (χ2n) is 5.43. The van der Waals surface area contributed by atoms with E-state index in [2.05, 4.69) is 10.3 Å². The van der Waals surface area contributed by atoms with Gasteiger partial charge in [-0.1, -0.05) is 18.2 Å². The van der Waals surface area contributed by atoms with Crippen molar-refractivity contribution in [2.24, 2.45) is 0 Å². The van der Waals surface area contributed by atoms with Crippen LogP contribution in [0.4, 0.5) is 10.1 Å². The van der Waals surface area contributed by atoms with Crippen LogP contribution < -0.4 is 5.32 Å². The molecule has 0 bridgehead atoms. The molecule has 0 atom stereocenters. The Morgan fingerprint density at radius 3 is 2.50 bits per heavy atom. The Morgan fingerprint density at radius 2 is 1.81 bits per heavy atom. The van der Waals surface area contributed by atoms with Crippen LogP contribution in [-0.4, -0.2) is 23.5 Å². The number of nitrogens with one attached hydrogen (secondary N) is 1. The number of para-hydroxylation sites is 1. The van der Waals surface area contributed by atoms with E-state index in [1.807, 2.05) is 6.07 Å². The second-order valence-corrected chi connectivity index (χ2v) is 6.43. The maximum Gasteiger partial charge on any atom is 0.350 e. The van der Waals surface area contributed by atoms with Crippen molar-refractivity contribution in [2.45, 2.75) is 6.92 Å². The van der Waals surface area contributed by atoms with Gasteiger partial charge in [0, 0.05) is 11.3 Å². The van der Waals surface area contributed by atoms with Crippen molar-refractivity contribution in [1.82, 2.24) is 4.98 Å². The Balaban J connectivity index is 1.63. The molecule has 0 aliphatic heterocycles. The maximum atomic E-state index is 13.0. The van der Waals surface area contributed by atoms with Crippen LogP contribution in [0.1, 0.15) is 15.4 Å². The van der Waals surface area contributed by atoms with Crippen LogP contribution in [0.5, 0.6) is 0 Å². The number of aromatic nitrogens is 1. The molecule has 0 aliphatic carbocycles. The molecule has 1 N–H and O–H groups in total. The van der Waals surface area contributed by atoms with Gasteiger partial charge in [-0.05, 0) is 43.3 Å². The van der Waals surface area contributed by atoms with Crippen LogP contribution in [0.3, 0.4) is 0 Å². The predicted molar refractivity (Wildman–Crippen MR) is 97.6 cm³/mol. The third-order valence-corrected chi connectivity index (χ3v) is 4.65. The van der Waals surface area contributed by atoms with Crippen molar-refractivity contribution < 1.29 is 18.7 Å². The van der Waals surface area contributed by atoms with Gasteiger partial charge in [-0.3, -0.25) is 4.79 Å². The lowest BCUT2D eigenvalue weighted by Crippen LogP contribution is -2.20. The van der Waals surface area contributed by atoms with Gasteiger partial charge in [0.25, 0.3) is 5.91 Å². The number of rotatable bonds is 5. The predicted octanol–water partition coefficient (Wildman–Crippen LogP) is 4.05. The molecule has 0 saturated heterocycles. The third kappa shape index (κ3) is 4.31. The number of aryl methyl sites for hydroxylation is 1. The van der Waals surface area contributed by atoms with E-state index in [0.29, 0.717) is 26.8 Å². The Hall–Kier alpha value is -3.06. The number of thiazole rings is 1. The van der Waals surface area contributed by atoms with Gasteiger partial charge in [-0.2, -0.15) is 0 Å². The standard InChI is InChI=1S/C19H15FN2O3S/c1-12-17(26-18(21-12)13-7-9-14(20)10-8-13)19(24)25-11-16(23)22-15-5-3-2-4-6-15/h2-10H,11H2,1H3,(H,22,23).